The van der Waals surface area contributed by atoms with Gasteiger partial charge >= 0.3 is 0 Å². The molecule has 0 radical (unpaired) electrons. The maximum atomic E-state index is 12.0. The molecule has 8 heteroatoms. The summed E-state index contributed by atoms with van der Waals surface area (Å²) < 4.78 is 5.45. The Labute approximate surface area is 160 Å². The Hall–Kier alpha value is -0.750. The highest BCUT2D eigenvalue weighted by molar-refractivity contribution is 6.31. The predicted molar refractivity (Wildman–Crippen MR) is 99.5 cm³/mol. The van der Waals surface area contributed by atoms with Crippen molar-refractivity contribution < 1.29 is 9.53 Å². The first kappa shape index (κ1) is 21.3. The predicted octanol–water partition coefficient (Wildman–Crippen LogP) is 2.99. The number of piperidine rings is 1. The van der Waals surface area contributed by atoms with Crippen LogP contribution in [0.4, 0.5) is 0 Å². The van der Waals surface area contributed by atoms with Crippen LogP contribution < -0.4 is 15.4 Å². The SMILES string of the molecule is Cl.Cl.O=C(CC1CC2CCC(C1)N2)NCCOc1ncccc1Cl. The van der Waals surface area contributed by atoms with Crippen LogP contribution in [0.1, 0.15) is 32.1 Å². The van der Waals surface area contributed by atoms with Gasteiger partial charge in [-0.2, -0.15) is 0 Å². The number of rotatable bonds is 6. The van der Waals surface area contributed by atoms with E-state index in [1.807, 2.05) is 0 Å². The Morgan fingerprint density at radius 2 is 2.04 bits per heavy atom. The fourth-order valence-corrected chi connectivity index (χ4v) is 3.67. The van der Waals surface area contributed by atoms with Crippen LogP contribution in [0.2, 0.25) is 5.02 Å². The summed E-state index contributed by atoms with van der Waals surface area (Å²) in [5, 5.41) is 7.00. The van der Waals surface area contributed by atoms with Crippen molar-refractivity contribution in [3.05, 3.63) is 23.4 Å². The van der Waals surface area contributed by atoms with Crippen molar-refractivity contribution in [1.29, 1.82) is 0 Å². The molecule has 2 unspecified atom stereocenters. The first-order chi connectivity index (χ1) is 10.7. The molecule has 0 spiro atoms. The van der Waals surface area contributed by atoms with Gasteiger partial charge in [0, 0.05) is 24.7 Å². The molecule has 2 atom stereocenters. The Morgan fingerprint density at radius 1 is 1.33 bits per heavy atom. The number of carbonyl (C=O) groups excluding carboxylic acids is 1. The number of nitrogens with one attached hydrogen (secondary N) is 2. The second kappa shape index (κ2) is 10.3. The van der Waals surface area contributed by atoms with Crippen LogP contribution in [0.5, 0.6) is 5.88 Å². The lowest BCUT2D eigenvalue weighted by molar-refractivity contribution is -0.122. The Kier molecular flexibility index (Phi) is 9.13. The zero-order chi connectivity index (χ0) is 15.4. The minimum Gasteiger partial charge on any atom is -0.475 e. The molecule has 2 fully saturated rings. The number of amides is 1. The van der Waals surface area contributed by atoms with Gasteiger partial charge in [-0.1, -0.05) is 11.6 Å². The zero-order valence-corrected chi connectivity index (χ0v) is 15.8. The van der Waals surface area contributed by atoms with Crippen molar-refractivity contribution in [2.75, 3.05) is 13.2 Å². The van der Waals surface area contributed by atoms with E-state index in [2.05, 4.69) is 15.6 Å². The molecule has 3 heterocycles. The molecule has 2 bridgehead atoms. The molecule has 3 rings (SSSR count). The summed E-state index contributed by atoms with van der Waals surface area (Å²) in [7, 11) is 0. The molecule has 5 nitrogen and oxygen atoms in total. The number of halogens is 3. The lowest BCUT2D eigenvalue weighted by atomic mass is 9.89. The van der Waals surface area contributed by atoms with Gasteiger partial charge in [-0.15, -0.1) is 24.8 Å². The molecule has 2 saturated heterocycles. The van der Waals surface area contributed by atoms with Gasteiger partial charge in [0.15, 0.2) is 0 Å². The van der Waals surface area contributed by atoms with Gasteiger partial charge in [0.05, 0.1) is 6.54 Å². The average Bonchev–Trinajstić information content (AvgIpc) is 2.84. The van der Waals surface area contributed by atoms with Crippen LogP contribution >= 0.6 is 36.4 Å². The molecular weight excluding hydrogens is 373 g/mol. The van der Waals surface area contributed by atoms with Crippen LogP contribution in [0.3, 0.4) is 0 Å². The van der Waals surface area contributed by atoms with Gasteiger partial charge < -0.3 is 15.4 Å². The van der Waals surface area contributed by atoms with E-state index in [0.29, 0.717) is 48.5 Å². The van der Waals surface area contributed by atoms with Gasteiger partial charge in [-0.05, 0) is 43.7 Å². The fourth-order valence-electron chi connectivity index (χ4n) is 3.49. The van der Waals surface area contributed by atoms with E-state index in [9.17, 15) is 4.79 Å². The number of carbonyl (C=O) groups is 1. The minimum atomic E-state index is 0. The molecule has 0 saturated carbocycles. The Balaban J connectivity index is 0.00000144. The van der Waals surface area contributed by atoms with Gasteiger partial charge in [-0.25, -0.2) is 4.98 Å². The minimum absolute atomic E-state index is 0. The first-order valence-corrected chi connectivity index (χ1v) is 8.34. The van der Waals surface area contributed by atoms with Crippen molar-refractivity contribution in [3.8, 4) is 5.88 Å². The summed E-state index contributed by atoms with van der Waals surface area (Å²) in [6.07, 6.45) is 7.04. The summed E-state index contributed by atoms with van der Waals surface area (Å²) in [6.45, 7) is 0.851. The van der Waals surface area contributed by atoms with Crippen LogP contribution in [-0.4, -0.2) is 36.1 Å². The molecule has 136 valence electrons. The molecule has 2 aliphatic heterocycles. The van der Waals surface area contributed by atoms with E-state index in [-0.39, 0.29) is 30.7 Å². The topological polar surface area (TPSA) is 63.2 Å². The van der Waals surface area contributed by atoms with E-state index in [0.717, 1.165) is 12.8 Å². The summed E-state index contributed by atoms with van der Waals surface area (Å²) in [5.74, 6) is 1.04. The summed E-state index contributed by atoms with van der Waals surface area (Å²) >= 11 is 5.95. The number of ether oxygens (including phenoxy) is 1. The van der Waals surface area contributed by atoms with Crippen molar-refractivity contribution in [1.82, 2.24) is 15.6 Å². The van der Waals surface area contributed by atoms with Crippen LogP contribution in [-0.2, 0) is 4.79 Å². The molecule has 24 heavy (non-hydrogen) atoms. The van der Waals surface area contributed by atoms with E-state index >= 15 is 0 Å². The smallest absolute Gasteiger partial charge is 0.232 e. The molecule has 2 N–H and O–H groups in total. The van der Waals surface area contributed by atoms with Gasteiger partial charge in [-0.3, -0.25) is 4.79 Å². The lowest BCUT2D eigenvalue weighted by Gasteiger charge is -2.28. The van der Waals surface area contributed by atoms with Gasteiger partial charge in [0.1, 0.15) is 11.6 Å². The third-order valence-electron chi connectivity index (χ3n) is 4.43. The van der Waals surface area contributed by atoms with E-state index in [1.165, 1.54) is 12.8 Å². The van der Waals surface area contributed by atoms with Crippen molar-refractivity contribution >= 4 is 42.3 Å². The van der Waals surface area contributed by atoms with E-state index in [1.54, 1.807) is 18.3 Å². The standard InChI is InChI=1S/C16H22ClN3O2.2ClH/c17-14-2-1-5-19-16(14)22-7-6-18-15(21)10-11-8-12-3-4-13(9-11)20-12;;/h1-2,5,11-13,20H,3-4,6-10H2,(H,18,21);2*1H. The van der Waals surface area contributed by atoms with E-state index in [4.69, 9.17) is 16.3 Å². The maximum Gasteiger partial charge on any atom is 0.232 e. The highest BCUT2D eigenvalue weighted by Gasteiger charge is 2.34. The number of hydrogen-bond acceptors (Lipinski definition) is 4. The Bertz CT molecular complexity index is 521. The number of pyridine rings is 1. The highest BCUT2D eigenvalue weighted by Crippen LogP contribution is 2.32. The molecular formula is C16H24Cl3N3O2. The summed E-state index contributed by atoms with van der Waals surface area (Å²) in [6, 6.07) is 4.74. The molecule has 2 aliphatic rings. The molecule has 0 aliphatic carbocycles. The lowest BCUT2D eigenvalue weighted by Crippen LogP contribution is -2.40. The largest absolute Gasteiger partial charge is 0.475 e. The van der Waals surface area contributed by atoms with Crippen molar-refractivity contribution in [3.63, 3.8) is 0 Å². The normalized spacial score (nSPS) is 24.5. The summed E-state index contributed by atoms with van der Waals surface area (Å²) in [5.41, 5.74) is 0. The zero-order valence-electron chi connectivity index (χ0n) is 13.4. The third-order valence-corrected chi connectivity index (χ3v) is 4.72. The van der Waals surface area contributed by atoms with E-state index < -0.39 is 0 Å². The third kappa shape index (κ3) is 5.96. The number of fused-ring (bicyclic) bond motifs is 2. The number of hydrogen-bond donors (Lipinski definition) is 2. The van der Waals surface area contributed by atoms with Gasteiger partial charge in [0.25, 0.3) is 0 Å². The van der Waals surface area contributed by atoms with Crippen molar-refractivity contribution in [2.45, 2.75) is 44.2 Å². The second-order valence-corrected chi connectivity index (χ2v) is 6.58. The fraction of sp³-hybridized carbons (Fsp3) is 0.625. The van der Waals surface area contributed by atoms with Crippen LogP contribution in [0.25, 0.3) is 0 Å². The molecule has 1 aromatic heterocycles. The first-order valence-electron chi connectivity index (χ1n) is 7.97. The Morgan fingerprint density at radius 3 is 2.71 bits per heavy atom. The quantitative estimate of drug-likeness (QED) is 0.726. The van der Waals surface area contributed by atoms with Crippen molar-refractivity contribution in [2.24, 2.45) is 5.92 Å². The van der Waals surface area contributed by atoms with Crippen LogP contribution in [0, 0.1) is 5.92 Å². The highest BCUT2D eigenvalue weighted by atomic mass is 35.5. The maximum absolute atomic E-state index is 12.0. The summed E-state index contributed by atoms with van der Waals surface area (Å²) in [4.78, 5) is 16.0. The number of nitrogens with zero attached hydrogens (tertiary/aromatic N) is 1. The molecule has 1 aromatic rings. The monoisotopic (exact) mass is 395 g/mol. The average molecular weight is 397 g/mol. The van der Waals surface area contributed by atoms with Gasteiger partial charge in [0.2, 0.25) is 11.8 Å². The second-order valence-electron chi connectivity index (χ2n) is 6.17. The molecule has 1 amide bonds. The van der Waals surface area contributed by atoms with Crippen LogP contribution in [0.15, 0.2) is 18.3 Å². The number of aromatic nitrogens is 1. The molecule has 0 aromatic carbocycles.